The molecule has 3 heteroatoms. The number of hydrogen-bond donors (Lipinski definition) is 2. The van der Waals surface area contributed by atoms with Gasteiger partial charge in [0, 0.05) is 25.8 Å². The molecule has 0 amide bonds. The summed E-state index contributed by atoms with van der Waals surface area (Å²) in [6.07, 6.45) is 1.83. The van der Waals surface area contributed by atoms with Crippen molar-refractivity contribution in [3.05, 3.63) is 29.6 Å². The smallest absolute Gasteiger partial charge is 0.0544 e. The minimum Gasteiger partial charge on any atom is -0.329 e. The summed E-state index contributed by atoms with van der Waals surface area (Å²) in [5.74, 6) is 0. The highest BCUT2D eigenvalue weighted by atomic mass is 14.9. The molecule has 0 atom stereocenters. The Hall–Kier alpha value is -0.930. The first-order chi connectivity index (χ1) is 5.83. The van der Waals surface area contributed by atoms with Crippen LogP contribution in [0.15, 0.2) is 18.3 Å². The second-order valence-corrected chi connectivity index (χ2v) is 2.79. The SMILES string of the molecule is Cc1ccnc(CNCCN)c1. The number of rotatable bonds is 4. The molecule has 1 aromatic heterocycles. The number of pyridine rings is 1. The number of nitrogens with zero attached hydrogens (tertiary/aromatic N) is 1. The Bertz CT molecular complexity index is 235. The molecule has 0 aromatic carbocycles. The molecule has 1 heterocycles. The van der Waals surface area contributed by atoms with Crippen LogP contribution in [0.5, 0.6) is 0 Å². The number of nitrogens with two attached hydrogens (primary N) is 1. The summed E-state index contributed by atoms with van der Waals surface area (Å²) in [6.45, 7) is 4.38. The van der Waals surface area contributed by atoms with E-state index in [4.69, 9.17) is 5.73 Å². The molecule has 1 aromatic rings. The van der Waals surface area contributed by atoms with Gasteiger partial charge in [0.1, 0.15) is 0 Å². The molecule has 0 radical (unpaired) electrons. The van der Waals surface area contributed by atoms with Crippen LogP contribution in [0.3, 0.4) is 0 Å². The second-order valence-electron chi connectivity index (χ2n) is 2.79. The number of aromatic nitrogens is 1. The molecule has 0 aliphatic rings. The van der Waals surface area contributed by atoms with Gasteiger partial charge in [0.05, 0.1) is 5.69 Å². The molecule has 3 nitrogen and oxygen atoms in total. The Morgan fingerprint density at radius 1 is 1.58 bits per heavy atom. The largest absolute Gasteiger partial charge is 0.329 e. The summed E-state index contributed by atoms with van der Waals surface area (Å²) in [6, 6.07) is 4.07. The van der Waals surface area contributed by atoms with Gasteiger partial charge in [0.25, 0.3) is 0 Å². The van der Waals surface area contributed by atoms with E-state index in [1.807, 2.05) is 12.3 Å². The van der Waals surface area contributed by atoms with Crippen molar-refractivity contribution in [2.45, 2.75) is 13.5 Å². The molecule has 0 saturated heterocycles. The highest BCUT2D eigenvalue weighted by Gasteiger charge is 1.92. The number of aryl methyl sites for hydroxylation is 1. The molecule has 0 bridgehead atoms. The Labute approximate surface area is 73.0 Å². The van der Waals surface area contributed by atoms with E-state index >= 15 is 0 Å². The standard InChI is InChI=1S/C9H15N3/c1-8-2-4-12-9(6-8)7-11-5-3-10/h2,4,6,11H,3,5,7,10H2,1H3. The molecule has 0 fully saturated rings. The lowest BCUT2D eigenvalue weighted by Crippen LogP contribution is -2.22. The minimum atomic E-state index is 0.672. The van der Waals surface area contributed by atoms with Gasteiger partial charge in [-0.25, -0.2) is 0 Å². The van der Waals surface area contributed by atoms with E-state index in [1.54, 1.807) is 0 Å². The normalized spacial score (nSPS) is 10.2. The average Bonchev–Trinajstić information content (AvgIpc) is 2.05. The third-order valence-corrected chi connectivity index (χ3v) is 1.60. The first-order valence-corrected chi connectivity index (χ1v) is 4.15. The van der Waals surface area contributed by atoms with Crippen LogP contribution in [0.1, 0.15) is 11.3 Å². The summed E-state index contributed by atoms with van der Waals surface area (Å²) >= 11 is 0. The monoisotopic (exact) mass is 165 g/mol. The molecule has 0 aliphatic carbocycles. The van der Waals surface area contributed by atoms with E-state index in [9.17, 15) is 0 Å². The predicted octanol–water partition coefficient (Wildman–Crippen LogP) is 0.438. The van der Waals surface area contributed by atoms with Gasteiger partial charge in [-0.15, -0.1) is 0 Å². The van der Waals surface area contributed by atoms with E-state index in [1.165, 1.54) is 5.56 Å². The van der Waals surface area contributed by atoms with E-state index in [-0.39, 0.29) is 0 Å². The Morgan fingerprint density at radius 3 is 3.08 bits per heavy atom. The van der Waals surface area contributed by atoms with E-state index in [0.29, 0.717) is 6.54 Å². The van der Waals surface area contributed by atoms with Crippen LogP contribution in [0, 0.1) is 6.92 Å². The highest BCUT2D eigenvalue weighted by molar-refractivity contribution is 5.14. The fraction of sp³-hybridized carbons (Fsp3) is 0.444. The molecule has 0 aliphatic heterocycles. The maximum Gasteiger partial charge on any atom is 0.0544 e. The van der Waals surface area contributed by atoms with Gasteiger partial charge in [-0.3, -0.25) is 4.98 Å². The van der Waals surface area contributed by atoms with Crippen molar-refractivity contribution >= 4 is 0 Å². The zero-order valence-corrected chi connectivity index (χ0v) is 7.38. The van der Waals surface area contributed by atoms with Crippen molar-refractivity contribution in [2.75, 3.05) is 13.1 Å². The van der Waals surface area contributed by atoms with Gasteiger partial charge in [0.2, 0.25) is 0 Å². The molecule has 66 valence electrons. The van der Waals surface area contributed by atoms with Crippen molar-refractivity contribution in [2.24, 2.45) is 5.73 Å². The highest BCUT2D eigenvalue weighted by Crippen LogP contribution is 1.98. The molecular weight excluding hydrogens is 150 g/mol. The number of nitrogens with one attached hydrogen (secondary N) is 1. The van der Waals surface area contributed by atoms with Crippen LogP contribution in [0.4, 0.5) is 0 Å². The lowest BCUT2D eigenvalue weighted by molar-refractivity contribution is 0.682. The van der Waals surface area contributed by atoms with E-state index in [0.717, 1.165) is 18.8 Å². The molecular formula is C9H15N3. The van der Waals surface area contributed by atoms with Gasteiger partial charge in [-0.1, -0.05) is 0 Å². The first-order valence-electron chi connectivity index (χ1n) is 4.15. The quantitative estimate of drug-likeness (QED) is 0.636. The van der Waals surface area contributed by atoms with Gasteiger partial charge in [0.15, 0.2) is 0 Å². The Balaban J connectivity index is 2.41. The van der Waals surface area contributed by atoms with Crippen molar-refractivity contribution in [3.63, 3.8) is 0 Å². The average molecular weight is 165 g/mol. The zero-order chi connectivity index (χ0) is 8.81. The van der Waals surface area contributed by atoms with Gasteiger partial charge in [-0.2, -0.15) is 0 Å². The van der Waals surface area contributed by atoms with Crippen LogP contribution in [0.2, 0.25) is 0 Å². The first kappa shape index (κ1) is 9.16. The van der Waals surface area contributed by atoms with E-state index in [2.05, 4.69) is 23.3 Å². The van der Waals surface area contributed by atoms with Crippen LogP contribution in [-0.2, 0) is 6.54 Å². The summed E-state index contributed by atoms with van der Waals surface area (Å²) in [4.78, 5) is 4.21. The van der Waals surface area contributed by atoms with Crippen LogP contribution in [-0.4, -0.2) is 18.1 Å². The molecule has 1 rings (SSSR count). The zero-order valence-electron chi connectivity index (χ0n) is 7.38. The van der Waals surface area contributed by atoms with Gasteiger partial charge < -0.3 is 11.1 Å². The molecule has 0 unspecified atom stereocenters. The summed E-state index contributed by atoms with van der Waals surface area (Å²) in [7, 11) is 0. The molecule has 3 N–H and O–H groups in total. The third kappa shape index (κ3) is 2.98. The topological polar surface area (TPSA) is 50.9 Å². The predicted molar refractivity (Wildman–Crippen MR) is 49.7 cm³/mol. The van der Waals surface area contributed by atoms with Crippen molar-refractivity contribution < 1.29 is 0 Å². The van der Waals surface area contributed by atoms with Crippen molar-refractivity contribution in [1.29, 1.82) is 0 Å². The maximum absolute atomic E-state index is 5.34. The Morgan fingerprint density at radius 2 is 2.42 bits per heavy atom. The van der Waals surface area contributed by atoms with Gasteiger partial charge >= 0.3 is 0 Å². The molecule has 0 saturated carbocycles. The van der Waals surface area contributed by atoms with Crippen molar-refractivity contribution in [3.8, 4) is 0 Å². The Kier molecular flexibility index (Phi) is 3.70. The lowest BCUT2D eigenvalue weighted by atomic mass is 10.2. The summed E-state index contributed by atoms with van der Waals surface area (Å²) in [5, 5.41) is 3.19. The second kappa shape index (κ2) is 4.85. The van der Waals surface area contributed by atoms with Crippen LogP contribution in [0.25, 0.3) is 0 Å². The fourth-order valence-electron chi connectivity index (χ4n) is 1.01. The van der Waals surface area contributed by atoms with Crippen LogP contribution < -0.4 is 11.1 Å². The summed E-state index contributed by atoms with van der Waals surface area (Å²) < 4.78 is 0. The van der Waals surface area contributed by atoms with Gasteiger partial charge in [-0.05, 0) is 24.6 Å². The van der Waals surface area contributed by atoms with Crippen molar-refractivity contribution in [1.82, 2.24) is 10.3 Å². The molecule has 0 spiro atoms. The third-order valence-electron chi connectivity index (χ3n) is 1.60. The summed E-state index contributed by atoms with van der Waals surface area (Å²) in [5.41, 5.74) is 7.66. The van der Waals surface area contributed by atoms with E-state index < -0.39 is 0 Å². The maximum atomic E-state index is 5.34. The number of hydrogen-bond acceptors (Lipinski definition) is 3. The molecule has 12 heavy (non-hydrogen) atoms. The lowest BCUT2D eigenvalue weighted by Gasteiger charge is -2.02. The fourth-order valence-corrected chi connectivity index (χ4v) is 1.01. The van der Waals surface area contributed by atoms with Crippen LogP contribution >= 0.6 is 0 Å². The minimum absolute atomic E-state index is 0.672.